The zero-order valence-electron chi connectivity index (χ0n) is 16.8. The second kappa shape index (κ2) is 7.44. The summed E-state index contributed by atoms with van der Waals surface area (Å²) in [6.07, 6.45) is 12.7. The van der Waals surface area contributed by atoms with Gasteiger partial charge in [-0.3, -0.25) is 9.69 Å². The highest BCUT2D eigenvalue weighted by molar-refractivity contribution is 5.90. The molecule has 0 radical (unpaired) electrons. The molecule has 3 nitrogen and oxygen atoms in total. The summed E-state index contributed by atoms with van der Waals surface area (Å²) in [4.78, 5) is 15.2. The fraction of sp³-hybridized carbons (Fsp3) is 0.708. The molecule has 5 aliphatic rings. The molecule has 1 aliphatic heterocycles. The fourth-order valence-corrected chi connectivity index (χ4v) is 7.29. The Balaban J connectivity index is 1.17. The Labute approximate surface area is 168 Å². The van der Waals surface area contributed by atoms with E-state index in [-0.39, 0.29) is 11.7 Å². The highest BCUT2D eigenvalue weighted by Gasteiger charge is 2.53. The lowest BCUT2D eigenvalue weighted by molar-refractivity contribution is -0.117. The second-order valence-corrected chi connectivity index (χ2v) is 10.2. The molecule has 1 heterocycles. The minimum atomic E-state index is -0.360. The Morgan fingerprint density at radius 1 is 1.11 bits per heavy atom. The molecule has 1 unspecified atom stereocenters. The van der Waals surface area contributed by atoms with Crippen LogP contribution in [0, 0.1) is 29.5 Å². The van der Waals surface area contributed by atoms with Crippen LogP contribution in [-0.2, 0) is 4.79 Å². The number of hydrogen-bond acceptors (Lipinski definition) is 2. The quantitative estimate of drug-likeness (QED) is 0.754. The average Bonchev–Trinajstić information content (AvgIpc) is 2.67. The smallest absolute Gasteiger partial charge is 0.224 e. The number of para-hydroxylation sites is 1. The van der Waals surface area contributed by atoms with Crippen molar-refractivity contribution in [2.24, 2.45) is 23.7 Å². The number of anilines is 1. The first-order valence-corrected chi connectivity index (χ1v) is 11.4. The molecule has 0 spiro atoms. The van der Waals surface area contributed by atoms with Crippen LogP contribution in [-0.4, -0.2) is 29.4 Å². The van der Waals surface area contributed by atoms with Gasteiger partial charge in [0.1, 0.15) is 5.82 Å². The summed E-state index contributed by atoms with van der Waals surface area (Å²) in [7, 11) is 0. The molecule has 1 amide bonds. The molecule has 1 saturated heterocycles. The molecule has 5 fully saturated rings. The minimum absolute atomic E-state index is 0.0583. The van der Waals surface area contributed by atoms with Gasteiger partial charge in [-0.15, -0.1) is 0 Å². The number of carbonyl (C=O) groups excluding carboxylic acids is 1. The van der Waals surface area contributed by atoms with Crippen molar-refractivity contribution in [3.63, 3.8) is 0 Å². The van der Waals surface area contributed by atoms with Gasteiger partial charge in [-0.2, -0.15) is 0 Å². The van der Waals surface area contributed by atoms with E-state index in [1.165, 1.54) is 70.5 Å². The van der Waals surface area contributed by atoms with Crippen molar-refractivity contribution < 1.29 is 9.18 Å². The number of likely N-dealkylation sites (tertiary alicyclic amines) is 1. The Hall–Kier alpha value is -1.42. The molecular formula is C24H33FN2O. The lowest BCUT2D eigenvalue weighted by Crippen LogP contribution is -2.61. The predicted octanol–water partition coefficient (Wildman–Crippen LogP) is 5.23. The van der Waals surface area contributed by atoms with Gasteiger partial charge in [0.2, 0.25) is 5.91 Å². The molecule has 28 heavy (non-hydrogen) atoms. The summed E-state index contributed by atoms with van der Waals surface area (Å²) in [5.74, 6) is 3.14. The first kappa shape index (κ1) is 18.6. The van der Waals surface area contributed by atoms with Gasteiger partial charge in [0.05, 0.1) is 5.69 Å². The van der Waals surface area contributed by atoms with Crippen LogP contribution >= 0.6 is 0 Å². The summed E-state index contributed by atoms with van der Waals surface area (Å²) >= 11 is 0. The van der Waals surface area contributed by atoms with E-state index >= 15 is 0 Å². The van der Waals surface area contributed by atoms with Crippen LogP contribution in [0.1, 0.15) is 64.2 Å². The number of amides is 1. The van der Waals surface area contributed by atoms with Gasteiger partial charge in [-0.25, -0.2) is 4.39 Å². The molecule has 4 heteroatoms. The molecule has 1 atom stereocenters. The van der Waals surface area contributed by atoms with Gasteiger partial charge < -0.3 is 5.32 Å². The Morgan fingerprint density at radius 2 is 1.79 bits per heavy atom. The van der Waals surface area contributed by atoms with Crippen molar-refractivity contribution in [1.29, 1.82) is 0 Å². The van der Waals surface area contributed by atoms with Crippen LogP contribution in [0.4, 0.5) is 10.1 Å². The molecule has 152 valence electrons. The summed E-state index contributed by atoms with van der Waals surface area (Å²) in [6, 6.07) is 6.41. The Kier molecular flexibility index (Phi) is 4.94. The maximum Gasteiger partial charge on any atom is 0.224 e. The van der Waals surface area contributed by atoms with Crippen LogP contribution in [0.15, 0.2) is 24.3 Å². The third kappa shape index (κ3) is 3.60. The minimum Gasteiger partial charge on any atom is -0.324 e. The number of nitrogens with one attached hydrogen (secondary N) is 1. The maximum atomic E-state index is 13.7. The van der Waals surface area contributed by atoms with E-state index in [1.807, 2.05) is 0 Å². The van der Waals surface area contributed by atoms with Crippen LogP contribution in [0.5, 0.6) is 0 Å². The standard InChI is InChI=1S/C24H33FN2O/c25-21-5-1-2-6-22(21)26-23(28)8-7-17-4-3-9-27(16-17)24-13-18-10-19(14-24)12-20(11-18)15-24/h1-2,5-6,17-20H,3-4,7-16H2,(H,26,28). The molecule has 4 saturated carbocycles. The van der Waals surface area contributed by atoms with Gasteiger partial charge in [0.15, 0.2) is 0 Å². The summed E-state index contributed by atoms with van der Waals surface area (Å²) in [5.41, 5.74) is 0.786. The lowest BCUT2D eigenvalue weighted by Gasteiger charge is -2.61. The Morgan fingerprint density at radius 3 is 2.46 bits per heavy atom. The van der Waals surface area contributed by atoms with Gasteiger partial charge in [-0.05, 0) is 100 Å². The van der Waals surface area contributed by atoms with Gasteiger partial charge in [0.25, 0.3) is 0 Å². The van der Waals surface area contributed by atoms with Crippen molar-refractivity contribution in [2.45, 2.75) is 69.7 Å². The molecule has 1 aromatic carbocycles. The normalized spacial score (nSPS) is 37.2. The third-order valence-corrected chi connectivity index (χ3v) is 8.12. The molecule has 4 bridgehead atoms. The summed E-state index contributed by atoms with van der Waals surface area (Å²) < 4.78 is 13.7. The summed E-state index contributed by atoms with van der Waals surface area (Å²) in [6.45, 7) is 2.42. The number of benzene rings is 1. The molecule has 1 aromatic rings. The highest BCUT2D eigenvalue weighted by Crippen LogP contribution is 2.58. The number of rotatable bonds is 5. The average molecular weight is 385 g/mol. The van der Waals surface area contributed by atoms with Gasteiger partial charge in [0, 0.05) is 18.5 Å². The van der Waals surface area contributed by atoms with E-state index in [9.17, 15) is 9.18 Å². The van der Waals surface area contributed by atoms with Crippen molar-refractivity contribution in [3.05, 3.63) is 30.1 Å². The largest absolute Gasteiger partial charge is 0.324 e. The second-order valence-electron chi connectivity index (χ2n) is 10.2. The van der Waals surface area contributed by atoms with Crippen molar-refractivity contribution >= 4 is 11.6 Å². The zero-order valence-corrected chi connectivity index (χ0v) is 16.8. The van der Waals surface area contributed by atoms with Crippen molar-refractivity contribution in [1.82, 2.24) is 4.90 Å². The van der Waals surface area contributed by atoms with E-state index < -0.39 is 0 Å². The van der Waals surface area contributed by atoms with Crippen LogP contribution in [0.3, 0.4) is 0 Å². The first-order valence-electron chi connectivity index (χ1n) is 11.4. The maximum absolute atomic E-state index is 13.7. The van der Waals surface area contributed by atoms with Crippen LogP contribution in [0.2, 0.25) is 0 Å². The monoisotopic (exact) mass is 384 g/mol. The van der Waals surface area contributed by atoms with Crippen LogP contribution < -0.4 is 5.32 Å². The molecular weight excluding hydrogens is 351 g/mol. The van der Waals surface area contributed by atoms with Crippen molar-refractivity contribution in [2.75, 3.05) is 18.4 Å². The van der Waals surface area contributed by atoms with Gasteiger partial charge in [-0.1, -0.05) is 12.1 Å². The number of hydrogen-bond donors (Lipinski definition) is 1. The molecule has 0 aromatic heterocycles. The van der Waals surface area contributed by atoms with Crippen LogP contribution in [0.25, 0.3) is 0 Å². The van der Waals surface area contributed by atoms with Gasteiger partial charge >= 0.3 is 0 Å². The fourth-order valence-electron chi connectivity index (χ4n) is 7.29. The number of carbonyl (C=O) groups is 1. The summed E-state index contributed by atoms with van der Waals surface area (Å²) in [5, 5.41) is 2.74. The molecule has 1 N–H and O–H groups in total. The molecule has 6 rings (SSSR count). The van der Waals surface area contributed by atoms with E-state index in [2.05, 4.69) is 10.2 Å². The molecule has 4 aliphatic carbocycles. The SMILES string of the molecule is O=C(CCC1CCCN(C23CC4CC(CC(C4)C2)C3)C1)Nc1ccccc1F. The van der Waals surface area contributed by atoms with E-state index in [0.717, 1.165) is 24.2 Å². The number of halogens is 1. The first-order chi connectivity index (χ1) is 13.6. The van der Waals surface area contributed by atoms with Crippen molar-refractivity contribution in [3.8, 4) is 0 Å². The Bertz CT molecular complexity index is 698. The predicted molar refractivity (Wildman–Crippen MR) is 109 cm³/mol. The van der Waals surface area contributed by atoms with E-state index in [4.69, 9.17) is 0 Å². The number of nitrogens with zero attached hydrogens (tertiary/aromatic N) is 1. The van der Waals surface area contributed by atoms with E-state index in [0.29, 0.717) is 23.6 Å². The zero-order chi connectivity index (χ0) is 19.1. The third-order valence-electron chi connectivity index (χ3n) is 8.12. The van der Waals surface area contributed by atoms with E-state index in [1.54, 1.807) is 18.2 Å². The highest BCUT2D eigenvalue weighted by atomic mass is 19.1. The topological polar surface area (TPSA) is 32.3 Å². The number of piperidine rings is 1. The lowest BCUT2D eigenvalue weighted by atomic mass is 9.52.